The molecule has 27 heavy (non-hydrogen) atoms. The zero-order chi connectivity index (χ0) is 19.9. The minimum absolute atomic E-state index is 0.184. The molecule has 4 unspecified atom stereocenters. The van der Waals surface area contributed by atoms with Gasteiger partial charge in [-0.25, -0.2) is 9.59 Å². The van der Waals surface area contributed by atoms with Gasteiger partial charge >= 0.3 is 11.9 Å². The second-order valence-corrected chi connectivity index (χ2v) is 7.29. The lowest BCUT2D eigenvalue weighted by Gasteiger charge is -2.21. The quantitative estimate of drug-likeness (QED) is 0.648. The van der Waals surface area contributed by atoms with Gasteiger partial charge in [0.15, 0.2) is 0 Å². The Labute approximate surface area is 158 Å². The van der Waals surface area contributed by atoms with Crippen LogP contribution < -0.4 is 0 Å². The SMILES string of the molecule is C=C(C)C1Cc2oc(cc2C(=O)OC)C(C(=C)C)C2C=C(C(=O)O2)C(O)C1. The molecule has 0 aliphatic carbocycles. The van der Waals surface area contributed by atoms with Gasteiger partial charge in [0, 0.05) is 6.42 Å². The number of carbonyl (C=O) groups is 2. The molecule has 6 heteroatoms. The number of furan rings is 1. The lowest BCUT2D eigenvalue weighted by Crippen LogP contribution is -2.22. The van der Waals surface area contributed by atoms with Crippen LogP contribution in [0.2, 0.25) is 0 Å². The van der Waals surface area contributed by atoms with Crippen molar-refractivity contribution in [3.63, 3.8) is 0 Å². The fraction of sp³-hybridized carbons (Fsp3) is 0.429. The summed E-state index contributed by atoms with van der Waals surface area (Å²) >= 11 is 0. The van der Waals surface area contributed by atoms with E-state index >= 15 is 0 Å². The second kappa shape index (κ2) is 7.19. The van der Waals surface area contributed by atoms with Crippen molar-refractivity contribution in [1.82, 2.24) is 0 Å². The molecule has 0 spiro atoms. The molecule has 0 saturated carbocycles. The van der Waals surface area contributed by atoms with Crippen molar-refractivity contribution >= 4 is 11.9 Å². The van der Waals surface area contributed by atoms with Gasteiger partial charge in [0.2, 0.25) is 0 Å². The highest BCUT2D eigenvalue weighted by atomic mass is 16.6. The Balaban J connectivity index is 2.17. The molecule has 4 atom stereocenters. The Morgan fingerprint density at radius 2 is 2.00 bits per heavy atom. The number of hydrogen-bond donors (Lipinski definition) is 1. The van der Waals surface area contributed by atoms with Gasteiger partial charge in [-0.2, -0.15) is 0 Å². The summed E-state index contributed by atoms with van der Waals surface area (Å²) in [5, 5.41) is 10.6. The van der Waals surface area contributed by atoms with Crippen LogP contribution in [0.15, 0.2) is 46.4 Å². The number of ether oxygens (including phenoxy) is 2. The Morgan fingerprint density at radius 1 is 1.30 bits per heavy atom. The van der Waals surface area contributed by atoms with Crippen LogP contribution in [0.25, 0.3) is 0 Å². The van der Waals surface area contributed by atoms with Gasteiger partial charge < -0.3 is 19.0 Å². The van der Waals surface area contributed by atoms with E-state index in [2.05, 4.69) is 13.2 Å². The Hall–Kier alpha value is -2.60. The third kappa shape index (κ3) is 3.49. The lowest BCUT2D eigenvalue weighted by atomic mass is 9.86. The number of aliphatic hydroxyl groups is 1. The summed E-state index contributed by atoms with van der Waals surface area (Å²) in [5.41, 5.74) is 2.11. The highest BCUT2D eigenvalue weighted by Gasteiger charge is 2.40. The molecule has 0 saturated heterocycles. The summed E-state index contributed by atoms with van der Waals surface area (Å²) in [6.45, 7) is 11.6. The molecule has 1 aromatic rings. The maximum atomic E-state index is 12.3. The van der Waals surface area contributed by atoms with Crippen molar-refractivity contribution in [2.75, 3.05) is 7.11 Å². The first-order valence-electron chi connectivity index (χ1n) is 8.85. The molecule has 144 valence electrons. The van der Waals surface area contributed by atoms with Gasteiger partial charge in [-0.05, 0) is 38.3 Å². The van der Waals surface area contributed by atoms with Crippen molar-refractivity contribution in [2.45, 2.75) is 44.8 Å². The maximum absolute atomic E-state index is 12.3. The van der Waals surface area contributed by atoms with Gasteiger partial charge in [-0.3, -0.25) is 0 Å². The van der Waals surface area contributed by atoms with Crippen LogP contribution in [0.3, 0.4) is 0 Å². The van der Waals surface area contributed by atoms with Crippen molar-refractivity contribution < 1.29 is 28.6 Å². The number of allylic oxidation sites excluding steroid dienone is 1. The van der Waals surface area contributed by atoms with Crippen LogP contribution in [0.1, 0.15) is 48.1 Å². The first-order valence-corrected chi connectivity index (χ1v) is 8.85. The maximum Gasteiger partial charge on any atom is 0.341 e. The molecule has 4 bridgehead atoms. The molecule has 1 N–H and O–H groups in total. The minimum atomic E-state index is -0.984. The molecule has 0 amide bonds. The van der Waals surface area contributed by atoms with Crippen LogP contribution in [0.5, 0.6) is 0 Å². The summed E-state index contributed by atoms with van der Waals surface area (Å²) in [6, 6.07) is 1.63. The van der Waals surface area contributed by atoms with E-state index in [1.54, 1.807) is 19.1 Å². The number of fused-ring (bicyclic) bond motifs is 3. The van der Waals surface area contributed by atoms with Gasteiger partial charge in [0.25, 0.3) is 0 Å². The molecule has 3 heterocycles. The Kier molecular flexibility index (Phi) is 5.11. The largest absolute Gasteiger partial charge is 0.465 e. The second-order valence-electron chi connectivity index (χ2n) is 7.29. The summed E-state index contributed by atoms with van der Waals surface area (Å²) in [6.07, 6.45) is 0.644. The summed E-state index contributed by atoms with van der Waals surface area (Å²) < 4.78 is 16.4. The lowest BCUT2D eigenvalue weighted by molar-refractivity contribution is -0.141. The van der Waals surface area contributed by atoms with E-state index in [1.165, 1.54) is 7.11 Å². The fourth-order valence-electron chi connectivity index (χ4n) is 3.68. The molecule has 2 aliphatic rings. The highest BCUT2D eigenvalue weighted by Crippen LogP contribution is 2.39. The average molecular weight is 372 g/mol. The molecule has 2 aliphatic heterocycles. The summed E-state index contributed by atoms with van der Waals surface area (Å²) in [5.74, 6) is -0.742. The van der Waals surface area contributed by atoms with E-state index in [-0.39, 0.29) is 17.9 Å². The first kappa shape index (κ1) is 19.2. The Bertz CT molecular complexity index is 843. The van der Waals surface area contributed by atoms with Gasteiger partial charge in [0.1, 0.15) is 23.2 Å². The zero-order valence-corrected chi connectivity index (χ0v) is 15.8. The molecular weight excluding hydrogens is 348 g/mol. The number of hydrogen-bond acceptors (Lipinski definition) is 6. The minimum Gasteiger partial charge on any atom is -0.465 e. The third-order valence-electron chi connectivity index (χ3n) is 5.22. The highest BCUT2D eigenvalue weighted by molar-refractivity contribution is 5.92. The monoisotopic (exact) mass is 372 g/mol. The van der Waals surface area contributed by atoms with Crippen molar-refractivity contribution in [3.05, 3.63) is 59.1 Å². The predicted octanol–water partition coefficient (Wildman–Crippen LogP) is 3.08. The predicted molar refractivity (Wildman–Crippen MR) is 98.2 cm³/mol. The molecule has 6 nitrogen and oxygen atoms in total. The first-order chi connectivity index (χ1) is 12.7. The molecule has 3 rings (SSSR count). The number of methoxy groups -OCH3 is 1. The van der Waals surface area contributed by atoms with Crippen LogP contribution in [0, 0.1) is 5.92 Å². The number of esters is 2. The fourth-order valence-corrected chi connectivity index (χ4v) is 3.68. The van der Waals surface area contributed by atoms with Crippen molar-refractivity contribution in [2.24, 2.45) is 5.92 Å². The summed E-state index contributed by atoms with van der Waals surface area (Å²) in [7, 11) is 1.31. The van der Waals surface area contributed by atoms with Crippen LogP contribution in [0.4, 0.5) is 0 Å². The number of carbonyl (C=O) groups excluding carboxylic acids is 2. The average Bonchev–Trinajstić information content (AvgIpc) is 3.16. The molecule has 0 radical (unpaired) electrons. The smallest absolute Gasteiger partial charge is 0.341 e. The van der Waals surface area contributed by atoms with E-state index in [4.69, 9.17) is 13.9 Å². The third-order valence-corrected chi connectivity index (χ3v) is 5.22. The molecule has 0 aromatic carbocycles. The number of rotatable bonds is 3. The Morgan fingerprint density at radius 3 is 2.59 bits per heavy atom. The zero-order valence-electron chi connectivity index (χ0n) is 15.8. The molecular formula is C21H24O6. The van der Waals surface area contributed by atoms with Crippen LogP contribution in [-0.2, 0) is 20.7 Å². The van der Waals surface area contributed by atoms with Gasteiger partial charge in [-0.1, -0.05) is 24.3 Å². The topological polar surface area (TPSA) is 86.0 Å². The molecule has 0 fully saturated rings. The van der Waals surface area contributed by atoms with Crippen molar-refractivity contribution in [3.8, 4) is 0 Å². The standard InChI is InChI=1S/C21H24O6/c1-10(2)12-6-15(22)13-8-18(27-21(13)24)19(11(3)4)17-9-14(20(23)25-5)16(7-12)26-17/h8-9,12,15,18-19,22H,1,3,6-7H2,2,4-5H3. The summed E-state index contributed by atoms with van der Waals surface area (Å²) in [4.78, 5) is 24.6. The van der Waals surface area contributed by atoms with Crippen LogP contribution in [-0.4, -0.2) is 36.4 Å². The van der Waals surface area contributed by atoms with Crippen LogP contribution >= 0.6 is 0 Å². The molecule has 1 aromatic heterocycles. The van der Waals surface area contributed by atoms with E-state index in [0.717, 1.165) is 5.57 Å². The van der Waals surface area contributed by atoms with E-state index < -0.39 is 30.1 Å². The van der Waals surface area contributed by atoms with E-state index in [9.17, 15) is 14.7 Å². The van der Waals surface area contributed by atoms with Gasteiger partial charge in [0.05, 0.1) is 24.7 Å². The number of aliphatic hydroxyl groups excluding tert-OH is 1. The van der Waals surface area contributed by atoms with E-state index in [0.29, 0.717) is 29.1 Å². The van der Waals surface area contributed by atoms with E-state index in [1.807, 2.05) is 6.92 Å². The van der Waals surface area contributed by atoms with Crippen molar-refractivity contribution in [1.29, 1.82) is 0 Å². The normalized spacial score (nSPS) is 27.3. The van der Waals surface area contributed by atoms with Gasteiger partial charge in [-0.15, -0.1) is 0 Å².